The summed E-state index contributed by atoms with van der Waals surface area (Å²) in [6.45, 7) is 0.695. The molecule has 0 unspecified atom stereocenters. The predicted molar refractivity (Wildman–Crippen MR) is 107 cm³/mol. The van der Waals surface area contributed by atoms with Gasteiger partial charge < -0.3 is 15.7 Å². The first-order chi connectivity index (χ1) is 12.7. The second kappa shape index (κ2) is 8.85. The molecule has 5 nitrogen and oxygen atoms in total. The topological polar surface area (TPSA) is 70.1 Å². The smallest absolute Gasteiger partial charge is 0.225 e. The normalized spacial score (nSPS) is 10.6. The van der Waals surface area contributed by atoms with Crippen molar-refractivity contribution in [2.24, 2.45) is 0 Å². The van der Waals surface area contributed by atoms with Crippen molar-refractivity contribution in [3.63, 3.8) is 0 Å². The summed E-state index contributed by atoms with van der Waals surface area (Å²) in [5.74, 6) is 1.12. The van der Waals surface area contributed by atoms with E-state index in [-0.39, 0.29) is 6.61 Å². The van der Waals surface area contributed by atoms with E-state index in [9.17, 15) is 0 Å². The fourth-order valence-corrected chi connectivity index (χ4v) is 2.65. The zero-order valence-corrected chi connectivity index (χ0v) is 15.4. The van der Waals surface area contributed by atoms with Crippen molar-refractivity contribution < 1.29 is 5.11 Å². The zero-order valence-electron chi connectivity index (χ0n) is 13.9. The molecule has 0 radical (unpaired) electrons. The molecule has 1 aromatic heterocycles. The van der Waals surface area contributed by atoms with Crippen LogP contribution < -0.4 is 10.6 Å². The van der Waals surface area contributed by atoms with Gasteiger partial charge in [-0.1, -0.05) is 53.5 Å². The van der Waals surface area contributed by atoms with E-state index in [1.807, 2.05) is 42.5 Å². The first kappa shape index (κ1) is 18.5. The van der Waals surface area contributed by atoms with E-state index >= 15 is 0 Å². The number of benzene rings is 2. The molecular formula is C19H18Cl2N4O. The highest BCUT2D eigenvalue weighted by Crippen LogP contribution is 2.28. The van der Waals surface area contributed by atoms with Crippen molar-refractivity contribution in [2.75, 3.05) is 23.8 Å². The quantitative estimate of drug-likeness (QED) is 0.497. The number of nitrogens with one attached hydrogen (secondary N) is 2. The van der Waals surface area contributed by atoms with Crippen molar-refractivity contribution in [1.29, 1.82) is 0 Å². The first-order valence-corrected chi connectivity index (χ1v) is 8.92. The largest absolute Gasteiger partial charge is 0.396 e. The van der Waals surface area contributed by atoms with Gasteiger partial charge in [0.25, 0.3) is 0 Å². The highest BCUT2D eigenvalue weighted by atomic mass is 35.5. The van der Waals surface area contributed by atoms with E-state index in [4.69, 9.17) is 28.3 Å². The van der Waals surface area contributed by atoms with Crippen LogP contribution in [0.1, 0.15) is 6.42 Å². The summed E-state index contributed by atoms with van der Waals surface area (Å²) in [4.78, 5) is 9.04. The molecule has 134 valence electrons. The number of nitrogens with zero attached hydrogens (tertiary/aromatic N) is 2. The number of hydrogen-bond acceptors (Lipinski definition) is 5. The molecule has 0 saturated carbocycles. The molecule has 0 atom stereocenters. The van der Waals surface area contributed by atoms with Gasteiger partial charge >= 0.3 is 0 Å². The second-order valence-electron chi connectivity index (χ2n) is 5.59. The summed E-state index contributed by atoms with van der Waals surface area (Å²) in [5, 5.41) is 16.3. The molecular weight excluding hydrogens is 371 g/mol. The molecule has 26 heavy (non-hydrogen) atoms. The van der Waals surface area contributed by atoms with E-state index in [0.717, 1.165) is 16.9 Å². The lowest BCUT2D eigenvalue weighted by atomic mass is 10.1. The first-order valence-electron chi connectivity index (χ1n) is 8.17. The van der Waals surface area contributed by atoms with Crippen LogP contribution in [0.25, 0.3) is 11.3 Å². The van der Waals surface area contributed by atoms with Gasteiger partial charge in [-0.25, -0.2) is 4.98 Å². The molecule has 0 aliphatic rings. The predicted octanol–water partition coefficient (Wildman–Crippen LogP) is 4.99. The minimum atomic E-state index is 0.111. The van der Waals surface area contributed by atoms with Crippen LogP contribution in [0.3, 0.4) is 0 Å². The molecule has 3 N–H and O–H groups in total. The lowest BCUT2D eigenvalue weighted by molar-refractivity contribution is 0.292. The lowest BCUT2D eigenvalue weighted by Crippen LogP contribution is -2.08. The van der Waals surface area contributed by atoms with Crippen LogP contribution in [0, 0.1) is 0 Å². The molecule has 0 aliphatic carbocycles. The van der Waals surface area contributed by atoms with Crippen molar-refractivity contribution in [2.45, 2.75) is 6.42 Å². The van der Waals surface area contributed by atoms with Crippen LogP contribution in [0.2, 0.25) is 10.0 Å². The van der Waals surface area contributed by atoms with Crippen LogP contribution in [0.15, 0.2) is 54.6 Å². The summed E-state index contributed by atoms with van der Waals surface area (Å²) < 4.78 is 0. The van der Waals surface area contributed by atoms with Gasteiger partial charge in [-0.15, -0.1) is 0 Å². The van der Waals surface area contributed by atoms with E-state index in [1.165, 1.54) is 0 Å². The van der Waals surface area contributed by atoms with E-state index in [0.29, 0.717) is 34.8 Å². The highest BCUT2D eigenvalue weighted by molar-refractivity contribution is 6.42. The Kier molecular flexibility index (Phi) is 6.28. The summed E-state index contributed by atoms with van der Waals surface area (Å²) in [5.41, 5.74) is 2.55. The van der Waals surface area contributed by atoms with Gasteiger partial charge in [0.1, 0.15) is 5.82 Å². The Bertz CT molecular complexity index is 875. The maximum Gasteiger partial charge on any atom is 0.225 e. The van der Waals surface area contributed by atoms with Crippen molar-refractivity contribution in [1.82, 2.24) is 9.97 Å². The molecule has 0 bridgehead atoms. The fraction of sp³-hybridized carbons (Fsp3) is 0.158. The number of anilines is 3. The van der Waals surface area contributed by atoms with Crippen LogP contribution >= 0.6 is 23.2 Å². The third-order valence-electron chi connectivity index (χ3n) is 3.61. The Labute approximate surface area is 162 Å². The monoisotopic (exact) mass is 388 g/mol. The average molecular weight is 389 g/mol. The number of aliphatic hydroxyl groups excluding tert-OH is 1. The van der Waals surface area contributed by atoms with Gasteiger partial charge in [0.15, 0.2) is 0 Å². The Morgan fingerprint density at radius 2 is 1.73 bits per heavy atom. The van der Waals surface area contributed by atoms with Crippen molar-refractivity contribution in [3.05, 3.63) is 64.6 Å². The third-order valence-corrected chi connectivity index (χ3v) is 4.34. The van der Waals surface area contributed by atoms with Crippen molar-refractivity contribution in [3.8, 4) is 11.3 Å². The van der Waals surface area contributed by atoms with Gasteiger partial charge in [0.2, 0.25) is 5.95 Å². The fourth-order valence-electron chi connectivity index (χ4n) is 2.35. The Balaban J connectivity index is 1.91. The minimum Gasteiger partial charge on any atom is -0.396 e. The highest BCUT2D eigenvalue weighted by Gasteiger charge is 2.08. The molecule has 0 fully saturated rings. The maximum absolute atomic E-state index is 8.96. The molecule has 0 amide bonds. The minimum absolute atomic E-state index is 0.111. The number of aliphatic hydroxyl groups is 1. The summed E-state index contributed by atoms with van der Waals surface area (Å²) in [7, 11) is 0. The lowest BCUT2D eigenvalue weighted by Gasteiger charge is -2.12. The van der Waals surface area contributed by atoms with Gasteiger partial charge in [0, 0.05) is 30.5 Å². The zero-order chi connectivity index (χ0) is 18.4. The molecule has 1 heterocycles. The molecule has 3 rings (SSSR count). The molecule has 0 saturated heterocycles. The molecule has 3 aromatic rings. The maximum atomic E-state index is 8.96. The summed E-state index contributed by atoms with van der Waals surface area (Å²) in [6.07, 6.45) is 0.620. The molecule has 7 heteroatoms. The summed E-state index contributed by atoms with van der Waals surface area (Å²) in [6, 6.07) is 17.0. The Hall–Kier alpha value is -2.34. The van der Waals surface area contributed by atoms with Crippen LogP contribution in [0.4, 0.5) is 17.5 Å². The van der Waals surface area contributed by atoms with Crippen molar-refractivity contribution >= 4 is 40.7 Å². The summed E-state index contributed by atoms with van der Waals surface area (Å²) >= 11 is 12.1. The second-order valence-corrected chi connectivity index (χ2v) is 6.40. The molecule has 2 aromatic carbocycles. The van der Waals surface area contributed by atoms with E-state index in [2.05, 4.69) is 20.6 Å². The van der Waals surface area contributed by atoms with Gasteiger partial charge in [-0.3, -0.25) is 0 Å². The standard InChI is InChI=1S/C19H18Cl2N4O/c20-15-8-7-14(11-16(15)21)23-18-12-17(13-5-2-1-3-6-13)24-19(25-18)22-9-4-10-26/h1-3,5-8,11-12,26H,4,9-10H2,(H2,22,23,24,25). The Morgan fingerprint density at radius 3 is 2.46 bits per heavy atom. The number of hydrogen-bond donors (Lipinski definition) is 3. The average Bonchev–Trinajstić information content (AvgIpc) is 2.66. The molecule has 0 aliphatic heterocycles. The number of halogens is 2. The van der Waals surface area contributed by atoms with Gasteiger partial charge in [0.05, 0.1) is 15.7 Å². The van der Waals surface area contributed by atoms with Gasteiger partial charge in [-0.2, -0.15) is 4.98 Å². The van der Waals surface area contributed by atoms with Gasteiger partial charge in [-0.05, 0) is 24.6 Å². The number of aromatic nitrogens is 2. The van der Waals surface area contributed by atoms with Crippen LogP contribution in [-0.2, 0) is 0 Å². The van der Waals surface area contributed by atoms with Crippen LogP contribution in [0.5, 0.6) is 0 Å². The molecule has 0 spiro atoms. The SMILES string of the molecule is OCCCNc1nc(Nc2ccc(Cl)c(Cl)c2)cc(-c2ccccc2)n1. The van der Waals surface area contributed by atoms with E-state index in [1.54, 1.807) is 12.1 Å². The third kappa shape index (κ3) is 4.85. The Morgan fingerprint density at radius 1 is 0.923 bits per heavy atom. The van der Waals surface area contributed by atoms with E-state index < -0.39 is 0 Å². The van der Waals surface area contributed by atoms with Crippen LogP contribution in [-0.4, -0.2) is 28.2 Å². The number of rotatable bonds is 7.